The Morgan fingerprint density at radius 3 is 0.444 bits per heavy atom. The van der Waals surface area contributed by atoms with Crippen molar-refractivity contribution in [3.8, 4) is 0 Å². The van der Waals surface area contributed by atoms with Crippen LogP contribution in [0, 0.1) is 80.8 Å². The molecule has 0 aromatic heterocycles. The first-order valence-electron chi connectivity index (χ1n) is 0. The van der Waals surface area contributed by atoms with Gasteiger partial charge in [-0.1, -0.05) is 0 Å². The third-order valence-electron chi connectivity index (χ3n) is 0. The van der Waals surface area contributed by atoms with Crippen LogP contribution < -0.4 is 0 Å². The Hall–Kier alpha value is 5.28. The van der Waals surface area contributed by atoms with E-state index in [9.17, 15) is 0 Å². The SMILES string of the molecule is [LiH].[LiH].[MgH2].[MgH2].[O-2].[O-2].[O-2].[Sm+3].[Sm+3]. The van der Waals surface area contributed by atoms with Gasteiger partial charge in [0.15, 0.2) is 0 Å². The first-order valence-corrected chi connectivity index (χ1v) is 0. The predicted molar refractivity (Wildman–Crippen MR) is 33.4 cm³/mol. The van der Waals surface area contributed by atoms with E-state index in [0.29, 0.717) is 0 Å². The molecule has 0 aliphatic heterocycles. The molecule has 0 N–H and O–H groups in total. The van der Waals surface area contributed by atoms with Gasteiger partial charge in [-0.25, -0.2) is 0 Å². The van der Waals surface area contributed by atoms with Crippen molar-refractivity contribution in [2.24, 2.45) is 0 Å². The molecule has 0 atom stereocenters. The van der Waals surface area contributed by atoms with Crippen LogP contribution in [0.4, 0.5) is 0 Å². The Morgan fingerprint density at radius 2 is 0.444 bits per heavy atom. The third-order valence-corrected chi connectivity index (χ3v) is 0. The second-order valence-electron chi connectivity index (χ2n) is 0. The summed E-state index contributed by atoms with van der Waals surface area (Å²) in [7, 11) is 0. The van der Waals surface area contributed by atoms with Crippen LogP contribution in [0.3, 0.4) is 0 Å². The molecule has 42 valence electrons. The molecule has 0 amide bonds. The summed E-state index contributed by atoms with van der Waals surface area (Å²) in [5.74, 6) is 0. The van der Waals surface area contributed by atoms with Gasteiger partial charge in [-0.05, 0) is 0 Å². The molecule has 9 heteroatoms. The van der Waals surface area contributed by atoms with Crippen molar-refractivity contribution in [3.05, 3.63) is 0 Å². The number of hydrogen-bond donors (Lipinski definition) is 0. The average Bonchev–Trinajstić information content (AvgIpc) is 0. The standard InChI is InChI=1S/2Li.2Mg.3O.2Sm.6H/q;;;;3*-2;2*+3;;;;;;. The maximum Gasteiger partial charge on any atom is 3.00 e. The zero-order valence-electron chi connectivity index (χ0n) is 2.04. The Morgan fingerprint density at radius 1 is 0.444 bits per heavy atom. The molecule has 3 nitrogen and oxygen atoms in total. The van der Waals surface area contributed by atoms with E-state index in [0.717, 1.165) is 0 Å². The van der Waals surface area contributed by atoms with Gasteiger partial charge in [0, 0.05) is 0 Å². The van der Waals surface area contributed by atoms with Crippen molar-refractivity contribution < 1.29 is 97.2 Å². The van der Waals surface area contributed by atoms with E-state index in [1.807, 2.05) is 0 Å². The summed E-state index contributed by atoms with van der Waals surface area (Å²) in [4.78, 5) is 0. The van der Waals surface area contributed by atoms with Crippen molar-refractivity contribution in [2.75, 3.05) is 0 Å². The van der Waals surface area contributed by atoms with E-state index < -0.39 is 0 Å². The van der Waals surface area contributed by atoms with Gasteiger partial charge in [-0.15, -0.1) is 0 Å². The van der Waals surface area contributed by atoms with E-state index >= 15 is 0 Å². The summed E-state index contributed by atoms with van der Waals surface area (Å²) >= 11 is 0. The minimum atomic E-state index is 0. The predicted octanol–water partition coefficient (Wildman–Crippen LogP) is -3.49. The normalized spacial score (nSPS) is 0. The van der Waals surface area contributed by atoms with Crippen LogP contribution in [0.5, 0.6) is 0 Å². The monoisotopic (exact) mass is 420 g/mol. The molecule has 0 aliphatic rings. The molecule has 2 radical (unpaired) electrons. The Labute approximate surface area is 176 Å². The largest absolute Gasteiger partial charge is 3.00 e. The van der Waals surface area contributed by atoms with Crippen molar-refractivity contribution in [3.63, 3.8) is 0 Å². The summed E-state index contributed by atoms with van der Waals surface area (Å²) in [5, 5.41) is 0. The van der Waals surface area contributed by atoms with Gasteiger partial charge in [0.1, 0.15) is 0 Å². The molecule has 0 bridgehead atoms. The fourth-order valence-corrected chi connectivity index (χ4v) is 0. The quantitative estimate of drug-likeness (QED) is 0.367. The summed E-state index contributed by atoms with van der Waals surface area (Å²) < 4.78 is 0. The van der Waals surface area contributed by atoms with Crippen LogP contribution in [0.1, 0.15) is 0 Å². The van der Waals surface area contributed by atoms with Gasteiger partial charge in [0.25, 0.3) is 0 Å². The van der Waals surface area contributed by atoms with Crippen molar-refractivity contribution in [2.45, 2.75) is 0 Å². The van der Waals surface area contributed by atoms with E-state index in [4.69, 9.17) is 0 Å². The van der Waals surface area contributed by atoms with Crippen LogP contribution in [0.25, 0.3) is 0 Å². The first-order chi connectivity index (χ1) is 0. The summed E-state index contributed by atoms with van der Waals surface area (Å²) in [6.07, 6.45) is 0. The smallest absolute Gasteiger partial charge is 2.00 e. The van der Waals surface area contributed by atoms with E-state index in [-0.39, 0.29) is 181 Å². The van der Waals surface area contributed by atoms with Crippen LogP contribution in [0.2, 0.25) is 0 Å². The Kier molecular flexibility index (Phi) is 720. The van der Waals surface area contributed by atoms with Crippen LogP contribution >= 0.6 is 0 Å². The zero-order valence-corrected chi connectivity index (χ0v) is 7.28. The van der Waals surface area contributed by atoms with Gasteiger partial charge in [0.05, 0.1) is 0 Å². The number of hydrogen-bond acceptors (Lipinski definition) is 0. The topological polar surface area (TPSA) is 85.5 Å². The minimum Gasteiger partial charge on any atom is -2.00 e. The second kappa shape index (κ2) is 71.8. The second-order valence-corrected chi connectivity index (χ2v) is 0. The molecule has 0 heterocycles. The van der Waals surface area contributed by atoms with Gasteiger partial charge in [0.2, 0.25) is 0 Å². The van der Waals surface area contributed by atoms with Crippen molar-refractivity contribution >= 4 is 83.8 Å². The van der Waals surface area contributed by atoms with E-state index in [2.05, 4.69) is 0 Å². The molecular weight excluding hydrogens is 411 g/mol. The summed E-state index contributed by atoms with van der Waals surface area (Å²) in [6, 6.07) is 0. The minimum absolute atomic E-state index is 0. The average molecular weight is 417 g/mol. The van der Waals surface area contributed by atoms with Gasteiger partial charge in [-0.3, -0.25) is 0 Å². The summed E-state index contributed by atoms with van der Waals surface area (Å²) in [6.45, 7) is 0. The molecule has 0 saturated carbocycles. The molecule has 0 rings (SSSR count). The molecule has 9 heavy (non-hydrogen) atoms. The van der Waals surface area contributed by atoms with Gasteiger partial charge >= 0.3 is 165 Å². The number of rotatable bonds is 0. The molecule has 0 spiro atoms. The van der Waals surface area contributed by atoms with Crippen LogP contribution in [0.15, 0.2) is 0 Å². The van der Waals surface area contributed by atoms with E-state index in [1.165, 1.54) is 0 Å². The van der Waals surface area contributed by atoms with Crippen molar-refractivity contribution in [1.29, 1.82) is 0 Å². The third kappa shape index (κ3) is 60.6. The van der Waals surface area contributed by atoms with E-state index in [1.54, 1.807) is 0 Å². The van der Waals surface area contributed by atoms with Crippen LogP contribution in [-0.4, -0.2) is 83.8 Å². The molecule has 0 unspecified atom stereocenters. The molecule has 0 aromatic rings. The fraction of sp³-hybridized carbons (Fsp3) is 0. The summed E-state index contributed by atoms with van der Waals surface area (Å²) in [5.41, 5.74) is 0. The molecule has 0 fully saturated rings. The van der Waals surface area contributed by atoms with Gasteiger partial charge in [-0.2, -0.15) is 0 Å². The van der Waals surface area contributed by atoms with Crippen molar-refractivity contribution in [1.82, 2.24) is 0 Å². The maximum atomic E-state index is 0. The molecule has 0 saturated heterocycles. The van der Waals surface area contributed by atoms with Gasteiger partial charge < -0.3 is 16.4 Å². The molecule has 0 aliphatic carbocycles. The Balaban J connectivity index is 0. The first kappa shape index (κ1) is 90.3. The maximum absolute atomic E-state index is 0. The zero-order chi connectivity index (χ0) is 0. The Bertz CT molecular complexity index is 17.8. The van der Waals surface area contributed by atoms with Crippen LogP contribution in [-0.2, 0) is 16.4 Å². The fourth-order valence-electron chi connectivity index (χ4n) is 0. The molecular formula is H6Li2Mg2O3Sm2. The molecule has 0 aromatic carbocycles.